The van der Waals surface area contributed by atoms with Crippen molar-refractivity contribution in [2.45, 2.75) is 84.2 Å². The lowest BCUT2D eigenvalue weighted by Gasteiger charge is -2.34. The highest BCUT2D eigenvalue weighted by Gasteiger charge is 2.44. The molecular formula is C23H35N3O5. The SMILES string of the molecule is Cc1ccc(C(C(=O)NC(C)C)N(C(=O)C(CO)NC(=O)OC(C)(C)C)C2CC2)cc1. The van der Waals surface area contributed by atoms with E-state index in [1.54, 1.807) is 20.8 Å². The molecule has 31 heavy (non-hydrogen) atoms. The highest BCUT2D eigenvalue weighted by atomic mass is 16.6. The molecule has 0 aliphatic heterocycles. The fourth-order valence-corrected chi connectivity index (χ4v) is 3.24. The summed E-state index contributed by atoms with van der Waals surface area (Å²) >= 11 is 0. The zero-order chi connectivity index (χ0) is 23.3. The molecule has 2 atom stereocenters. The molecule has 1 saturated carbocycles. The fourth-order valence-electron chi connectivity index (χ4n) is 3.24. The first kappa shape index (κ1) is 24.7. The molecule has 0 spiro atoms. The zero-order valence-corrected chi connectivity index (χ0v) is 19.3. The second-order valence-electron chi connectivity index (χ2n) is 9.33. The van der Waals surface area contributed by atoms with Crippen molar-refractivity contribution in [2.24, 2.45) is 0 Å². The van der Waals surface area contributed by atoms with Crippen LogP contribution in [-0.4, -0.2) is 58.2 Å². The predicted molar refractivity (Wildman–Crippen MR) is 117 cm³/mol. The summed E-state index contributed by atoms with van der Waals surface area (Å²) in [5.41, 5.74) is 0.971. The van der Waals surface area contributed by atoms with Gasteiger partial charge in [-0.1, -0.05) is 29.8 Å². The van der Waals surface area contributed by atoms with Gasteiger partial charge in [0.25, 0.3) is 0 Å². The van der Waals surface area contributed by atoms with Crippen molar-refractivity contribution in [1.29, 1.82) is 0 Å². The third-order valence-electron chi connectivity index (χ3n) is 4.72. The van der Waals surface area contributed by atoms with Crippen LogP contribution in [0.3, 0.4) is 0 Å². The molecule has 0 heterocycles. The number of nitrogens with one attached hydrogen (secondary N) is 2. The summed E-state index contributed by atoms with van der Waals surface area (Å²) < 4.78 is 5.22. The summed E-state index contributed by atoms with van der Waals surface area (Å²) in [6, 6.07) is 5.13. The standard InChI is InChI=1S/C23H35N3O5/c1-14(2)24-20(28)19(16-9-7-15(3)8-10-16)26(17-11-12-17)21(29)18(13-27)25-22(30)31-23(4,5)6/h7-10,14,17-19,27H,11-13H2,1-6H3,(H,24,28)(H,25,30). The van der Waals surface area contributed by atoms with Crippen LogP contribution in [0.25, 0.3) is 0 Å². The molecule has 0 saturated heterocycles. The van der Waals surface area contributed by atoms with E-state index in [4.69, 9.17) is 4.74 Å². The Kier molecular flexibility index (Phi) is 8.06. The van der Waals surface area contributed by atoms with Crippen LogP contribution in [-0.2, 0) is 14.3 Å². The molecule has 1 aliphatic rings. The number of alkyl carbamates (subject to hydrolysis) is 1. The van der Waals surface area contributed by atoms with Gasteiger partial charge in [0.2, 0.25) is 11.8 Å². The molecule has 172 valence electrons. The number of benzene rings is 1. The summed E-state index contributed by atoms with van der Waals surface area (Å²) in [6.45, 7) is 10.2. The van der Waals surface area contributed by atoms with Crippen LogP contribution < -0.4 is 10.6 Å². The quantitative estimate of drug-likeness (QED) is 0.584. The van der Waals surface area contributed by atoms with E-state index in [0.29, 0.717) is 5.56 Å². The van der Waals surface area contributed by atoms with Crippen LogP contribution in [0.1, 0.15) is 64.6 Å². The molecule has 2 rings (SSSR count). The average Bonchev–Trinajstić information content (AvgIpc) is 3.47. The van der Waals surface area contributed by atoms with Gasteiger partial charge < -0.3 is 25.4 Å². The topological polar surface area (TPSA) is 108 Å². The predicted octanol–water partition coefficient (Wildman–Crippen LogP) is 2.44. The number of ether oxygens (including phenoxy) is 1. The van der Waals surface area contributed by atoms with Crippen LogP contribution >= 0.6 is 0 Å². The Morgan fingerprint density at radius 1 is 1.13 bits per heavy atom. The minimum atomic E-state index is -1.21. The molecule has 1 aromatic rings. The van der Waals surface area contributed by atoms with Crippen LogP contribution in [0.15, 0.2) is 24.3 Å². The molecule has 0 bridgehead atoms. The number of nitrogens with zero attached hydrogens (tertiary/aromatic N) is 1. The maximum absolute atomic E-state index is 13.4. The number of aryl methyl sites for hydroxylation is 1. The van der Waals surface area contributed by atoms with Gasteiger partial charge in [0.1, 0.15) is 17.7 Å². The zero-order valence-electron chi connectivity index (χ0n) is 19.3. The van der Waals surface area contributed by atoms with Gasteiger partial charge in [-0.2, -0.15) is 0 Å². The highest BCUT2D eigenvalue weighted by molar-refractivity contribution is 5.92. The largest absolute Gasteiger partial charge is 0.444 e. The van der Waals surface area contributed by atoms with E-state index in [-0.39, 0.29) is 18.0 Å². The second kappa shape index (κ2) is 10.1. The number of carbonyl (C=O) groups excluding carboxylic acids is 3. The van der Waals surface area contributed by atoms with Crippen molar-refractivity contribution in [2.75, 3.05) is 6.61 Å². The van der Waals surface area contributed by atoms with E-state index in [1.165, 1.54) is 4.90 Å². The summed E-state index contributed by atoms with van der Waals surface area (Å²) in [7, 11) is 0. The summed E-state index contributed by atoms with van der Waals surface area (Å²) in [5.74, 6) is -0.812. The van der Waals surface area contributed by atoms with E-state index in [1.807, 2.05) is 45.0 Å². The van der Waals surface area contributed by atoms with Crippen molar-refractivity contribution in [3.63, 3.8) is 0 Å². The molecule has 2 unspecified atom stereocenters. The monoisotopic (exact) mass is 433 g/mol. The van der Waals surface area contributed by atoms with E-state index in [0.717, 1.165) is 18.4 Å². The molecule has 8 nitrogen and oxygen atoms in total. The van der Waals surface area contributed by atoms with Gasteiger partial charge in [0.05, 0.1) is 6.61 Å². The summed E-state index contributed by atoms with van der Waals surface area (Å²) in [5, 5.41) is 15.2. The highest BCUT2D eigenvalue weighted by Crippen LogP contribution is 2.35. The molecule has 8 heteroatoms. The maximum Gasteiger partial charge on any atom is 0.408 e. The summed E-state index contributed by atoms with van der Waals surface area (Å²) in [6.07, 6.45) is 0.718. The maximum atomic E-state index is 13.4. The van der Waals surface area contributed by atoms with Gasteiger partial charge >= 0.3 is 6.09 Å². The number of hydrogen-bond donors (Lipinski definition) is 3. The van der Waals surface area contributed by atoms with Crippen LogP contribution in [0.4, 0.5) is 4.79 Å². The Morgan fingerprint density at radius 2 is 1.71 bits per heavy atom. The van der Waals surface area contributed by atoms with E-state index < -0.39 is 36.3 Å². The van der Waals surface area contributed by atoms with Crippen molar-refractivity contribution in [3.8, 4) is 0 Å². The lowest BCUT2D eigenvalue weighted by molar-refractivity contribution is -0.144. The Morgan fingerprint density at radius 3 is 2.16 bits per heavy atom. The summed E-state index contributed by atoms with van der Waals surface area (Å²) in [4.78, 5) is 40.3. The number of amides is 3. The smallest absolute Gasteiger partial charge is 0.408 e. The molecule has 1 aromatic carbocycles. The van der Waals surface area contributed by atoms with E-state index >= 15 is 0 Å². The van der Waals surface area contributed by atoms with Gasteiger partial charge in [0.15, 0.2) is 0 Å². The van der Waals surface area contributed by atoms with Gasteiger partial charge in [-0.15, -0.1) is 0 Å². The van der Waals surface area contributed by atoms with E-state index in [2.05, 4.69) is 10.6 Å². The Bertz CT molecular complexity index is 781. The normalized spacial score (nSPS) is 15.7. The number of aliphatic hydroxyl groups is 1. The van der Waals surface area contributed by atoms with Gasteiger partial charge in [0, 0.05) is 12.1 Å². The first-order chi connectivity index (χ1) is 14.4. The van der Waals surface area contributed by atoms with Crippen LogP contribution in [0, 0.1) is 6.92 Å². The molecule has 0 aromatic heterocycles. The lowest BCUT2D eigenvalue weighted by Crippen LogP contribution is -2.55. The van der Waals surface area contributed by atoms with Crippen LogP contribution in [0.2, 0.25) is 0 Å². The van der Waals surface area contributed by atoms with Crippen molar-refractivity contribution in [3.05, 3.63) is 35.4 Å². The number of carbonyl (C=O) groups is 3. The minimum absolute atomic E-state index is 0.106. The molecule has 1 aliphatic carbocycles. The molecule has 3 N–H and O–H groups in total. The lowest BCUT2D eigenvalue weighted by atomic mass is 10.0. The third-order valence-corrected chi connectivity index (χ3v) is 4.72. The van der Waals surface area contributed by atoms with Gasteiger partial charge in [-0.3, -0.25) is 9.59 Å². The van der Waals surface area contributed by atoms with Crippen molar-refractivity contribution >= 4 is 17.9 Å². The number of aliphatic hydroxyl groups excluding tert-OH is 1. The second-order valence-corrected chi connectivity index (χ2v) is 9.33. The minimum Gasteiger partial charge on any atom is -0.444 e. The molecule has 3 amide bonds. The first-order valence-corrected chi connectivity index (χ1v) is 10.7. The van der Waals surface area contributed by atoms with E-state index in [9.17, 15) is 19.5 Å². The number of rotatable bonds is 8. The fraction of sp³-hybridized carbons (Fsp3) is 0.609. The Balaban J connectivity index is 2.35. The molecule has 1 fully saturated rings. The van der Waals surface area contributed by atoms with Crippen molar-refractivity contribution < 1.29 is 24.2 Å². The molecular weight excluding hydrogens is 398 g/mol. The van der Waals surface area contributed by atoms with Crippen molar-refractivity contribution in [1.82, 2.24) is 15.5 Å². The average molecular weight is 434 g/mol. The first-order valence-electron chi connectivity index (χ1n) is 10.7. The Labute approximate surface area is 184 Å². The van der Waals surface area contributed by atoms with Gasteiger partial charge in [-0.25, -0.2) is 4.79 Å². The molecule has 0 radical (unpaired) electrons. The number of hydrogen-bond acceptors (Lipinski definition) is 5. The Hall–Kier alpha value is -2.61. The van der Waals surface area contributed by atoms with Crippen LogP contribution in [0.5, 0.6) is 0 Å². The third kappa shape index (κ3) is 7.24. The van der Waals surface area contributed by atoms with Gasteiger partial charge in [-0.05, 0) is 59.9 Å².